The Hall–Kier alpha value is -1.62. The summed E-state index contributed by atoms with van der Waals surface area (Å²) in [5, 5.41) is 8.47. The van der Waals surface area contributed by atoms with Crippen molar-refractivity contribution >= 4 is 19.3 Å². The molecule has 1 aliphatic heterocycles. The molecule has 0 unspecified atom stereocenters. The Kier molecular flexibility index (Phi) is 3.89. The molecule has 20 heavy (non-hydrogen) atoms. The number of pyridine rings is 1. The van der Waals surface area contributed by atoms with E-state index < -0.39 is 7.81 Å². The summed E-state index contributed by atoms with van der Waals surface area (Å²) >= 11 is 0. The van der Waals surface area contributed by atoms with Gasteiger partial charge in [0.15, 0.2) is 4.98 Å². The van der Waals surface area contributed by atoms with Crippen LogP contribution in [0.3, 0.4) is 0 Å². The summed E-state index contributed by atoms with van der Waals surface area (Å²) in [5.74, 6) is 0.977. The van der Waals surface area contributed by atoms with Crippen LogP contribution in [0.5, 0.6) is 0 Å². The number of hydrogen-bond acceptors (Lipinski definition) is 3. The summed E-state index contributed by atoms with van der Waals surface area (Å²) in [4.78, 5) is 9.50. The smallest absolute Gasteiger partial charge is 0.357 e. The summed E-state index contributed by atoms with van der Waals surface area (Å²) in [7, 11) is -10.7. The maximum Gasteiger partial charge on any atom is 0.403 e. The average Bonchev–Trinajstić information content (AvgIpc) is 2.78. The fraction of sp³-hybridized carbons (Fsp3) is 0.444. The summed E-state index contributed by atoms with van der Waals surface area (Å²) in [6, 6.07) is 3.65. The molecule has 0 aliphatic carbocycles. The first kappa shape index (κ1) is 16.4. The molecule has 0 saturated carbocycles. The Bertz CT molecular complexity index is 488. The zero-order chi connectivity index (χ0) is 15.5. The Morgan fingerprint density at radius 2 is 1.55 bits per heavy atom. The molecule has 0 radical (unpaired) electrons. The Labute approximate surface area is 110 Å². The summed E-state index contributed by atoms with van der Waals surface area (Å²) in [5.41, 5.74) is 0.503. The SMILES string of the molecule is F[P-](F)(F)(F)(F)F.N#[N+]c1ccc(N2CCCC2)nc1. The second-order valence-electron chi connectivity index (χ2n) is 4.13. The summed E-state index contributed by atoms with van der Waals surface area (Å²) in [6.45, 7) is 2.17. The average molecular weight is 320 g/mol. The zero-order valence-electron chi connectivity index (χ0n) is 10.1. The van der Waals surface area contributed by atoms with Crippen molar-refractivity contribution in [2.45, 2.75) is 12.8 Å². The van der Waals surface area contributed by atoms with E-state index in [1.807, 2.05) is 6.07 Å². The minimum Gasteiger partial charge on any atom is -0.357 e. The molecule has 0 amide bonds. The van der Waals surface area contributed by atoms with Crippen LogP contribution in [0.1, 0.15) is 12.8 Å². The number of nitrogens with zero attached hydrogens (tertiary/aromatic N) is 4. The monoisotopic (exact) mass is 320 g/mol. The number of diazo groups is 1. The second kappa shape index (κ2) is 4.74. The van der Waals surface area contributed by atoms with Crippen LogP contribution in [0, 0.1) is 5.39 Å². The first-order valence-electron chi connectivity index (χ1n) is 5.48. The second-order valence-corrected chi connectivity index (χ2v) is 6.04. The normalized spacial score (nSPS) is 18.4. The van der Waals surface area contributed by atoms with Gasteiger partial charge in [-0.25, -0.2) is 4.98 Å². The first-order valence-corrected chi connectivity index (χ1v) is 7.50. The van der Waals surface area contributed by atoms with E-state index in [0.29, 0.717) is 5.69 Å². The van der Waals surface area contributed by atoms with Gasteiger partial charge in [-0.1, -0.05) is 0 Å². The van der Waals surface area contributed by atoms with Crippen molar-refractivity contribution in [1.82, 2.24) is 4.98 Å². The molecule has 0 aromatic carbocycles. The van der Waals surface area contributed by atoms with Gasteiger partial charge in [0, 0.05) is 19.2 Å². The van der Waals surface area contributed by atoms with E-state index in [9.17, 15) is 25.2 Å². The predicted octanol–water partition coefficient (Wildman–Crippen LogP) is 5.55. The van der Waals surface area contributed by atoms with Gasteiger partial charge in [-0.15, -0.1) is 0 Å². The molecule has 0 spiro atoms. The Morgan fingerprint density at radius 1 is 1.05 bits per heavy atom. The molecular weight excluding hydrogens is 309 g/mol. The van der Waals surface area contributed by atoms with Crippen LogP contribution >= 0.6 is 7.81 Å². The topological polar surface area (TPSA) is 44.3 Å². The van der Waals surface area contributed by atoms with Gasteiger partial charge in [-0.3, -0.25) is 0 Å². The largest absolute Gasteiger partial charge is 0.403 e. The minimum absolute atomic E-state index is 0.503. The van der Waals surface area contributed by atoms with Crippen molar-refractivity contribution in [2.75, 3.05) is 18.0 Å². The van der Waals surface area contributed by atoms with E-state index in [1.165, 1.54) is 12.8 Å². The number of rotatable bonds is 1. The van der Waals surface area contributed by atoms with Crippen LogP contribution in [0.4, 0.5) is 36.7 Å². The number of anilines is 1. The first-order chi connectivity index (χ1) is 8.85. The third-order valence-corrected chi connectivity index (χ3v) is 2.28. The molecule has 2 heterocycles. The van der Waals surface area contributed by atoms with Crippen LogP contribution in [0.2, 0.25) is 0 Å². The molecule has 1 aromatic heterocycles. The van der Waals surface area contributed by atoms with Crippen molar-refractivity contribution in [1.29, 1.82) is 5.39 Å². The van der Waals surface area contributed by atoms with Crippen molar-refractivity contribution in [2.24, 2.45) is 0 Å². The van der Waals surface area contributed by atoms with Crippen molar-refractivity contribution < 1.29 is 25.2 Å². The summed E-state index contributed by atoms with van der Waals surface area (Å²) in [6.07, 6.45) is 4.06. The van der Waals surface area contributed by atoms with E-state index in [1.54, 1.807) is 12.3 Å². The van der Waals surface area contributed by atoms with Crippen molar-refractivity contribution in [3.05, 3.63) is 23.3 Å². The van der Waals surface area contributed by atoms with Gasteiger partial charge in [-0.05, 0) is 18.9 Å². The molecule has 0 bridgehead atoms. The van der Waals surface area contributed by atoms with Gasteiger partial charge in [-0.2, -0.15) is 0 Å². The maximum absolute atomic E-state index is 10.7. The zero-order valence-corrected chi connectivity index (χ0v) is 11.0. The fourth-order valence-corrected chi connectivity index (χ4v) is 1.57. The van der Waals surface area contributed by atoms with Gasteiger partial charge in [0.05, 0.1) is 0 Å². The number of halogens is 6. The summed E-state index contributed by atoms with van der Waals surface area (Å²) < 4.78 is 59.2. The molecule has 1 aliphatic rings. The molecular formula is C9H11F6N4P. The molecule has 1 aromatic rings. The number of aromatic nitrogens is 1. The fourth-order valence-electron chi connectivity index (χ4n) is 1.57. The Morgan fingerprint density at radius 3 is 1.90 bits per heavy atom. The van der Waals surface area contributed by atoms with E-state index in [4.69, 9.17) is 5.39 Å². The van der Waals surface area contributed by atoms with Crippen LogP contribution in [0.15, 0.2) is 18.3 Å². The maximum atomic E-state index is 9.87. The number of hydrogen-bond donors (Lipinski definition) is 0. The van der Waals surface area contributed by atoms with Gasteiger partial charge < -0.3 is 4.90 Å². The van der Waals surface area contributed by atoms with Crippen LogP contribution in [-0.4, -0.2) is 18.1 Å². The minimum atomic E-state index is -10.7. The quantitative estimate of drug-likeness (QED) is 0.387. The molecule has 11 heteroatoms. The van der Waals surface area contributed by atoms with E-state index >= 15 is 0 Å². The van der Waals surface area contributed by atoms with E-state index in [2.05, 4.69) is 14.9 Å². The third-order valence-electron chi connectivity index (χ3n) is 2.28. The molecule has 114 valence electrons. The standard InChI is InChI=1S/C9H11N4.F6P/c10-12-8-3-4-9(11-7-8)13-5-1-2-6-13;1-7(2,3,4,5)6/h3-4,7H,1-2,5-6H2;/q+1;-1. The van der Waals surface area contributed by atoms with Crippen LogP contribution in [-0.2, 0) is 0 Å². The molecule has 0 N–H and O–H groups in total. The molecule has 1 fully saturated rings. The predicted molar refractivity (Wildman–Crippen MR) is 64.0 cm³/mol. The van der Waals surface area contributed by atoms with Crippen molar-refractivity contribution in [3.63, 3.8) is 0 Å². The van der Waals surface area contributed by atoms with Crippen LogP contribution < -0.4 is 4.90 Å². The van der Waals surface area contributed by atoms with Gasteiger partial charge in [0.25, 0.3) is 0 Å². The Balaban J connectivity index is 0.000000246. The van der Waals surface area contributed by atoms with Gasteiger partial charge >= 0.3 is 38.7 Å². The van der Waals surface area contributed by atoms with Gasteiger partial charge in [0.1, 0.15) is 12.0 Å². The van der Waals surface area contributed by atoms with Gasteiger partial charge in [0.2, 0.25) is 5.39 Å². The van der Waals surface area contributed by atoms with Crippen LogP contribution in [0.25, 0.3) is 4.98 Å². The molecule has 2 rings (SSSR count). The molecule has 0 atom stereocenters. The van der Waals surface area contributed by atoms with E-state index in [0.717, 1.165) is 18.9 Å². The van der Waals surface area contributed by atoms with Crippen molar-refractivity contribution in [3.8, 4) is 0 Å². The molecule has 4 nitrogen and oxygen atoms in total. The third kappa shape index (κ3) is 8.48. The van der Waals surface area contributed by atoms with E-state index in [-0.39, 0.29) is 0 Å². The molecule has 1 saturated heterocycles.